The van der Waals surface area contributed by atoms with E-state index in [1.165, 1.54) is 24.1 Å². The minimum atomic E-state index is 0.581. The maximum atomic E-state index is 6.42. The second-order valence-corrected chi connectivity index (χ2v) is 5.51. The molecule has 1 heterocycles. The molecule has 3 nitrogen and oxygen atoms in total. The highest BCUT2D eigenvalue weighted by Crippen LogP contribution is 2.34. The third-order valence-corrected chi connectivity index (χ3v) is 4.01. The lowest BCUT2D eigenvalue weighted by molar-refractivity contribution is 0.199. The number of hydrogen-bond acceptors (Lipinski definition) is 3. The molecule has 0 bridgehead atoms. The molecule has 2 rings (SSSR count). The Morgan fingerprint density at radius 1 is 1.47 bits per heavy atom. The molecule has 4 heteroatoms. The maximum absolute atomic E-state index is 6.42. The van der Waals surface area contributed by atoms with Gasteiger partial charge >= 0.3 is 0 Å². The number of nitrogens with zero attached hydrogens (tertiary/aromatic N) is 1. The molecule has 1 aliphatic rings. The van der Waals surface area contributed by atoms with Crippen LogP contribution in [0.25, 0.3) is 0 Å². The van der Waals surface area contributed by atoms with Crippen LogP contribution < -0.4 is 10.2 Å². The van der Waals surface area contributed by atoms with Gasteiger partial charge in [0.05, 0.1) is 17.3 Å². The zero-order valence-electron chi connectivity index (χ0n) is 11.8. The van der Waals surface area contributed by atoms with Gasteiger partial charge in [0.2, 0.25) is 0 Å². The summed E-state index contributed by atoms with van der Waals surface area (Å²) in [5.74, 6) is 0. The average molecular weight is 283 g/mol. The average Bonchev–Trinajstić information content (AvgIpc) is 2.81. The Morgan fingerprint density at radius 3 is 3.00 bits per heavy atom. The van der Waals surface area contributed by atoms with Gasteiger partial charge in [0.25, 0.3) is 0 Å². The lowest BCUT2D eigenvalue weighted by atomic mass is 10.1. The van der Waals surface area contributed by atoms with Crippen LogP contribution in [-0.4, -0.2) is 32.8 Å². The van der Waals surface area contributed by atoms with Crippen molar-refractivity contribution in [2.75, 3.05) is 31.7 Å². The van der Waals surface area contributed by atoms with E-state index in [1.807, 2.05) is 12.1 Å². The van der Waals surface area contributed by atoms with E-state index in [0.717, 1.165) is 31.3 Å². The van der Waals surface area contributed by atoms with E-state index >= 15 is 0 Å². The van der Waals surface area contributed by atoms with Gasteiger partial charge < -0.3 is 15.0 Å². The fraction of sp³-hybridized carbons (Fsp3) is 0.600. The van der Waals surface area contributed by atoms with E-state index in [-0.39, 0.29) is 0 Å². The summed E-state index contributed by atoms with van der Waals surface area (Å²) in [4.78, 5) is 2.44. The molecule has 1 aromatic carbocycles. The van der Waals surface area contributed by atoms with Gasteiger partial charge in [0.15, 0.2) is 0 Å². The summed E-state index contributed by atoms with van der Waals surface area (Å²) in [7, 11) is 1.72. The molecule has 1 aliphatic heterocycles. The largest absolute Gasteiger partial charge is 0.383 e. The second kappa shape index (κ2) is 7.13. The third-order valence-electron chi connectivity index (χ3n) is 3.71. The Morgan fingerprint density at radius 2 is 2.32 bits per heavy atom. The van der Waals surface area contributed by atoms with Crippen molar-refractivity contribution in [3.05, 3.63) is 28.8 Å². The normalized spacial score (nSPS) is 19.1. The van der Waals surface area contributed by atoms with Crippen LogP contribution in [0.2, 0.25) is 5.02 Å². The molecule has 1 N–H and O–H groups in total. The molecule has 0 saturated carbocycles. The van der Waals surface area contributed by atoms with Gasteiger partial charge in [0, 0.05) is 32.8 Å². The highest BCUT2D eigenvalue weighted by atomic mass is 35.5. The van der Waals surface area contributed by atoms with Gasteiger partial charge in [-0.3, -0.25) is 0 Å². The van der Waals surface area contributed by atoms with Crippen molar-refractivity contribution in [2.45, 2.75) is 32.4 Å². The maximum Gasteiger partial charge on any atom is 0.0643 e. The predicted octanol–water partition coefficient (Wildman–Crippen LogP) is 3.06. The van der Waals surface area contributed by atoms with Crippen LogP contribution in [0.15, 0.2) is 18.2 Å². The number of rotatable bonds is 6. The van der Waals surface area contributed by atoms with Crippen LogP contribution >= 0.6 is 11.6 Å². The van der Waals surface area contributed by atoms with Gasteiger partial charge in [-0.25, -0.2) is 0 Å². The van der Waals surface area contributed by atoms with Gasteiger partial charge in [-0.2, -0.15) is 0 Å². The number of methoxy groups -OCH3 is 1. The minimum Gasteiger partial charge on any atom is -0.383 e. The molecule has 0 amide bonds. The number of benzene rings is 1. The number of hydrogen-bond donors (Lipinski definition) is 1. The van der Waals surface area contributed by atoms with E-state index in [2.05, 4.69) is 23.2 Å². The van der Waals surface area contributed by atoms with E-state index in [4.69, 9.17) is 16.3 Å². The van der Waals surface area contributed by atoms with Gasteiger partial charge in [-0.05, 0) is 31.4 Å². The number of ether oxygens (including phenoxy) is 1. The first kappa shape index (κ1) is 14.6. The van der Waals surface area contributed by atoms with Crippen molar-refractivity contribution >= 4 is 17.3 Å². The molecule has 1 aromatic rings. The van der Waals surface area contributed by atoms with Crippen LogP contribution in [0.1, 0.15) is 25.3 Å². The van der Waals surface area contributed by atoms with Crippen molar-refractivity contribution in [3.8, 4) is 0 Å². The summed E-state index contributed by atoms with van der Waals surface area (Å²) in [5.41, 5.74) is 2.48. The zero-order valence-corrected chi connectivity index (χ0v) is 12.5. The molecule has 0 spiro atoms. The standard InChI is InChI=1S/C15H23ClN2O/c1-12-5-4-9-18(12)15-13(6-3-7-14(15)16)11-17-8-10-19-2/h3,6-7,12,17H,4-5,8-11H2,1-2H3. The highest BCUT2D eigenvalue weighted by molar-refractivity contribution is 6.33. The molecule has 0 radical (unpaired) electrons. The predicted molar refractivity (Wildman–Crippen MR) is 81.1 cm³/mol. The SMILES string of the molecule is COCCNCc1cccc(Cl)c1N1CCCC1C. The fourth-order valence-corrected chi connectivity index (χ4v) is 2.99. The van der Waals surface area contributed by atoms with Crippen molar-refractivity contribution in [3.63, 3.8) is 0 Å². The van der Waals surface area contributed by atoms with Crippen LogP contribution in [0, 0.1) is 0 Å². The number of anilines is 1. The molecule has 1 fully saturated rings. The van der Waals surface area contributed by atoms with Crippen molar-refractivity contribution in [1.82, 2.24) is 5.32 Å². The highest BCUT2D eigenvalue weighted by Gasteiger charge is 2.24. The first-order chi connectivity index (χ1) is 9.24. The summed E-state index contributed by atoms with van der Waals surface area (Å²) >= 11 is 6.42. The third kappa shape index (κ3) is 3.62. The summed E-state index contributed by atoms with van der Waals surface area (Å²) in [5, 5.41) is 4.26. The summed E-state index contributed by atoms with van der Waals surface area (Å²) < 4.78 is 5.05. The van der Waals surface area contributed by atoms with Crippen LogP contribution in [0.4, 0.5) is 5.69 Å². The number of halogens is 1. The van der Waals surface area contributed by atoms with Gasteiger partial charge in [0.1, 0.15) is 0 Å². The molecule has 1 atom stereocenters. The van der Waals surface area contributed by atoms with Crippen molar-refractivity contribution in [1.29, 1.82) is 0 Å². The van der Waals surface area contributed by atoms with Crippen LogP contribution in [0.5, 0.6) is 0 Å². The Hall–Kier alpha value is -0.770. The smallest absolute Gasteiger partial charge is 0.0643 e. The number of para-hydroxylation sites is 1. The summed E-state index contributed by atoms with van der Waals surface area (Å²) in [6, 6.07) is 6.75. The molecule has 106 valence electrons. The van der Waals surface area contributed by atoms with Gasteiger partial charge in [-0.15, -0.1) is 0 Å². The first-order valence-corrected chi connectivity index (χ1v) is 7.35. The monoisotopic (exact) mass is 282 g/mol. The minimum absolute atomic E-state index is 0.581. The van der Waals surface area contributed by atoms with Crippen LogP contribution in [-0.2, 0) is 11.3 Å². The summed E-state index contributed by atoms with van der Waals surface area (Å²) in [6.07, 6.45) is 2.50. The Labute approximate surface area is 120 Å². The lowest BCUT2D eigenvalue weighted by Gasteiger charge is -2.27. The van der Waals surface area contributed by atoms with Crippen molar-refractivity contribution in [2.24, 2.45) is 0 Å². The lowest BCUT2D eigenvalue weighted by Crippen LogP contribution is -2.29. The molecule has 19 heavy (non-hydrogen) atoms. The first-order valence-electron chi connectivity index (χ1n) is 6.97. The Bertz CT molecular complexity index is 411. The molecule has 0 aromatic heterocycles. The Balaban J connectivity index is 2.11. The zero-order chi connectivity index (χ0) is 13.7. The second-order valence-electron chi connectivity index (χ2n) is 5.10. The molecule has 1 unspecified atom stereocenters. The summed E-state index contributed by atoms with van der Waals surface area (Å²) in [6.45, 7) is 5.81. The van der Waals surface area contributed by atoms with Crippen molar-refractivity contribution < 1.29 is 4.74 Å². The van der Waals surface area contributed by atoms with E-state index in [9.17, 15) is 0 Å². The van der Waals surface area contributed by atoms with E-state index < -0.39 is 0 Å². The molecule has 1 saturated heterocycles. The fourth-order valence-electron chi connectivity index (χ4n) is 2.69. The topological polar surface area (TPSA) is 24.5 Å². The van der Waals surface area contributed by atoms with Crippen LogP contribution in [0.3, 0.4) is 0 Å². The molecular weight excluding hydrogens is 260 g/mol. The molecule has 0 aliphatic carbocycles. The van der Waals surface area contributed by atoms with E-state index in [0.29, 0.717) is 6.04 Å². The molecular formula is C15H23ClN2O. The Kier molecular flexibility index (Phi) is 5.49. The van der Waals surface area contributed by atoms with E-state index in [1.54, 1.807) is 7.11 Å². The van der Waals surface area contributed by atoms with Gasteiger partial charge in [-0.1, -0.05) is 23.7 Å². The number of nitrogens with one attached hydrogen (secondary N) is 1. The quantitative estimate of drug-likeness (QED) is 0.812.